The van der Waals surface area contributed by atoms with E-state index in [4.69, 9.17) is 28.4 Å². The second-order valence-electron chi connectivity index (χ2n) is 21.7. The van der Waals surface area contributed by atoms with Crippen molar-refractivity contribution >= 4 is 24.8 Å². The molecule has 80 heavy (non-hydrogen) atoms. The van der Waals surface area contributed by atoms with E-state index in [1.165, 1.54) is 180 Å². The van der Waals surface area contributed by atoms with E-state index >= 15 is 0 Å². The molecule has 2 aromatic carbocycles. The zero-order chi connectivity index (χ0) is 59.1. The number of benzene rings is 2. The Hall–Kier alpha value is -4.06. The first-order chi connectivity index (χ1) is 38.4. The van der Waals surface area contributed by atoms with Crippen molar-refractivity contribution in [2.24, 2.45) is 0 Å². The molecule has 2 aromatic rings. The molecule has 8 nitrogen and oxygen atoms in total. The average molecular weight is 1160 g/mol. The van der Waals surface area contributed by atoms with Gasteiger partial charge in [-0.05, 0) is 37.8 Å². The van der Waals surface area contributed by atoms with Crippen LogP contribution in [0.15, 0.2) is 59.6 Å². The quantitative estimate of drug-likeness (QED) is 0.0283. The molecule has 15 heteroatoms. The van der Waals surface area contributed by atoms with Gasteiger partial charge in [0.05, 0.1) is 71.5 Å². The van der Waals surface area contributed by atoms with E-state index in [1.807, 2.05) is 18.2 Å². The van der Waals surface area contributed by atoms with Gasteiger partial charge in [-0.15, -0.1) is 0 Å². The molecule has 0 fully saturated rings. The second kappa shape index (κ2) is 39.4. The maximum atomic E-state index is 9.87. The van der Waals surface area contributed by atoms with Gasteiger partial charge >= 0.3 is 33.0 Å². The molecule has 0 bridgehead atoms. The van der Waals surface area contributed by atoms with Crippen molar-refractivity contribution in [1.82, 2.24) is 0 Å². The van der Waals surface area contributed by atoms with Crippen LogP contribution in [-0.4, -0.2) is 79.1 Å². The first-order valence-corrected chi connectivity index (χ1v) is 33.1. The molecule has 0 saturated heterocycles. The molecule has 462 valence electrons. The van der Waals surface area contributed by atoms with Crippen molar-refractivity contribution in [3.05, 3.63) is 70.7 Å². The minimum atomic E-state index is -10.7. The standard InChI is InChI=1S/C65H109N2O6.F6P/c1-11-15-19-23-27-31-35-39-46-66(47-40-36-32-28-24-20-16-12-2)54-50-58(70-7)63(59(51-54)71-8)65(62-56(68-5)44-43-45-57(62)69-6)64-60(72-9)52-55(53-61(64)73-10)67(48-41-37-33-29-25-21-17-13-3)49-42-38-34-30-26-22-18-14-4;1-7(2,3,4,5)6/h43-45,50-53H,11-42,46-49H2,1-10H3;/q+1;-1. The summed E-state index contributed by atoms with van der Waals surface area (Å²) in [5.41, 5.74) is 5.36. The third kappa shape index (κ3) is 30.3. The molecule has 1 aliphatic rings. The van der Waals surface area contributed by atoms with Crippen molar-refractivity contribution in [1.29, 1.82) is 0 Å². The summed E-state index contributed by atoms with van der Waals surface area (Å²) in [5.74, 6) is 4.13. The van der Waals surface area contributed by atoms with Crippen molar-refractivity contribution in [3.8, 4) is 23.0 Å². The second-order valence-corrected chi connectivity index (χ2v) is 23.6. The number of rotatable bonds is 45. The summed E-state index contributed by atoms with van der Waals surface area (Å²) in [6.45, 7) is 13.1. The van der Waals surface area contributed by atoms with Crippen LogP contribution in [0.4, 0.5) is 30.9 Å². The van der Waals surface area contributed by atoms with Gasteiger partial charge in [-0.1, -0.05) is 201 Å². The molecule has 0 N–H and O–H groups in total. The SMILES string of the molecule is CCCCCCCCCCN(CCCCCCCCCC)c1cc(OC)c(C(=C2C(OC)=CC(=[N+](CCCCCCCCCC)CCCCCCCCCC)C=C2OC)c2c(OC)cccc2OC)c(OC)c1.F[P-](F)(F)(F)(F)F. The van der Waals surface area contributed by atoms with Crippen LogP contribution in [0.1, 0.15) is 244 Å². The summed E-state index contributed by atoms with van der Waals surface area (Å²) in [4.78, 5) is 2.58. The topological polar surface area (TPSA) is 61.6 Å². The fraction of sp³-hybridized carbons (Fsp3) is 0.708. The van der Waals surface area contributed by atoms with Crippen molar-refractivity contribution in [2.75, 3.05) is 73.7 Å². The Kier molecular flexibility index (Phi) is 35.5. The normalized spacial score (nSPS) is 13.3. The van der Waals surface area contributed by atoms with Crippen LogP contribution in [0.2, 0.25) is 0 Å². The van der Waals surface area contributed by atoms with Crippen molar-refractivity contribution in [2.45, 2.75) is 233 Å². The predicted octanol–water partition coefficient (Wildman–Crippen LogP) is 21.8. The number of allylic oxidation sites excluding steroid dienone is 2. The molecule has 0 radical (unpaired) electrons. The molecule has 0 aromatic heterocycles. The van der Waals surface area contributed by atoms with Crippen LogP contribution in [-0.2, 0) is 9.47 Å². The van der Waals surface area contributed by atoms with Gasteiger partial charge in [0, 0.05) is 49.3 Å². The van der Waals surface area contributed by atoms with Crippen LogP contribution in [0.5, 0.6) is 23.0 Å². The Morgan fingerprint density at radius 1 is 0.400 bits per heavy atom. The van der Waals surface area contributed by atoms with Crippen LogP contribution >= 0.6 is 7.81 Å². The van der Waals surface area contributed by atoms with Crippen LogP contribution in [0, 0.1) is 0 Å². The van der Waals surface area contributed by atoms with E-state index in [9.17, 15) is 25.2 Å². The summed E-state index contributed by atoms with van der Waals surface area (Å²) in [6, 6.07) is 10.4. The average Bonchev–Trinajstić information content (AvgIpc) is 3.43. The predicted molar refractivity (Wildman–Crippen MR) is 327 cm³/mol. The summed E-state index contributed by atoms with van der Waals surface area (Å²) < 4.78 is 100. The van der Waals surface area contributed by atoms with E-state index < -0.39 is 7.81 Å². The molecule has 3 rings (SSSR count). The van der Waals surface area contributed by atoms with Crippen LogP contribution < -0.4 is 23.8 Å². The number of anilines is 1. The van der Waals surface area contributed by atoms with Crippen LogP contribution in [0.25, 0.3) is 5.57 Å². The van der Waals surface area contributed by atoms with Gasteiger partial charge in [0.25, 0.3) is 0 Å². The fourth-order valence-corrected chi connectivity index (χ4v) is 10.6. The first kappa shape index (κ1) is 72.0. The van der Waals surface area contributed by atoms with Gasteiger partial charge in [0.1, 0.15) is 47.6 Å². The monoisotopic (exact) mass is 1160 g/mol. The van der Waals surface area contributed by atoms with E-state index in [0.717, 1.165) is 85.5 Å². The third-order valence-corrected chi connectivity index (χ3v) is 15.0. The molecular weight excluding hydrogens is 1050 g/mol. The Morgan fingerprint density at radius 3 is 0.988 bits per heavy atom. The molecule has 0 unspecified atom stereocenters. The fourth-order valence-electron chi connectivity index (χ4n) is 10.6. The number of unbranched alkanes of at least 4 members (excludes halogenated alkanes) is 28. The molecule has 0 aliphatic heterocycles. The molecule has 0 spiro atoms. The summed E-state index contributed by atoms with van der Waals surface area (Å²) >= 11 is 0. The van der Waals surface area contributed by atoms with Crippen molar-refractivity contribution in [3.63, 3.8) is 0 Å². The molecular formula is C65H109F6N2O6P. The van der Waals surface area contributed by atoms with Crippen molar-refractivity contribution < 1.29 is 58.2 Å². The zero-order valence-corrected chi connectivity index (χ0v) is 52.5. The third-order valence-electron chi connectivity index (χ3n) is 15.0. The Balaban J connectivity index is 0.00000292. The zero-order valence-electron chi connectivity index (χ0n) is 51.6. The number of methoxy groups -OCH3 is 6. The van der Waals surface area contributed by atoms with E-state index in [1.54, 1.807) is 42.7 Å². The van der Waals surface area contributed by atoms with E-state index in [2.05, 4.69) is 61.5 Å². The Morgan fingerprint density at radius 2 is 0.688 bits per heavy atom. The number of nitrogens with zero attached hydrogens (tertiary/aromatic N) is 2. The molecule has 0 amide bonds. The minimum absolute atomic E-state index is 0.660. The number of halogens is 6. The number of hydrogen-bond acceptors (Lipinski definition) is 7. The molecule has 0 heterocycles. The van der Waals surface area contributed by atoms with Gasteiger partial charge in [-0.2, -0.15) is 0 Å². The number of hydrogen-bond donors (Lipinski definition) is 0. The molecule has 0 atom stereocenters. The van der Waals surface area contributed by atoms with Gasteiger partial charge in [-0.25, -0.2) is 4.58 Å². The Bertz CT molecular complexity index is 2020. The van der Waals surface area contributed by atoms with E-state index in [0.29, 0.717) is 34.5 Å². The maximum absolute atomic E-state index is 10.7. The Labute approximate surface area is 481 Å². The molecule has 1 aliphatic carbocycles. The van der Waals surface area contributed by atoms with Gasteiger partial charge in [0.15, 0.2) is 0 Å². The van der Waals surface area contributed by atoms with E-state index in [-0.39, 0.29) is 0 Å². The molecule has 0 saturated carbocycles. The van der Waals surface area contributed by atoms with Gasteiger partial charge < -0.3 is 33.3 Å². The van der Waals surface area contributed by atoms with Crippen LogP contribution in [0.3, 0.4) is 0 Å². The first-order valence-electron chi connectivity index (χ1n) is 31.0. The van der Waals surface area contributed by atoms with Gasteiger partial charge in [-0.3, -0.25) is 0 Å². The summed E-state index contributed by atoms with van der Waals surface area (Å²) in [6.07, 6.45) is 45.8. The summed E-state index contributed by atoms with van der Waals surface area (Å²) in [7, 11) is -0.145. The van der Waals surface area contributed by atoms with Gasteiger partial charge in [0.2, 0.25) is 5.71 Å². The number of ether oxygens (including phenoxy) is 6. The summed E-state index contributed by atoms with van der Waals surface area (Å²) in [5, 5.41) is 0.